The summed E-state index contributed by atoms with van der Waals surface area (Å²) in [6, 6.07) is 1.93. The van der Waals surface area contributed by atoms with Crippen LogP contribution in [-0.2, 0) is 25.2 Å². The van der Waals surface area contributed by atoms with Crippen molar-refractivity contribution >= 4 is 24.6 Å². The lowest BCUT2D eigenvalue weighted by Gasteiger charge is -2.34. The summed E-state index contributed by atoms with van der Waals surface area (Å²) < 4.78 is 147. The summed E-state index contributed by atoms with van der Waals surface area (Å²) in [6.45, 7) is -1.17. The zero-order chi connectivity index (χ0) is 29.7. The maximum Gasteiger partial charge on any atom is 0.468 e. The molecule has 1 aromatic rings. The Bertz CT molecular complexity index is 969. The molecule has 0 heterocycles. The number of halogens is 10. The van der Waals surface area contributed by atoms with Gasteiger partial charge in [0.15, 0.2) is 0 Å². The molecule has 1 saturated carbocycles. The van der Waals surface area contributed by atoms with E-state index in [0.29, 0.717) is 43.5 Å². The van der Waals surface area contributed by atoms with Gasteiger partial charge in [0.1, 0.15) is 5.75 Å². The van der Waals surface area contributed by atoms with Crippen LogP contribution in [0.1, 0.15) is 56.9 Å². The van der Waals surface area contributed by atoms with E-state index in [9.17, 15) is 53.5 Å². The number of unbranched alkanes of at least 4 members (excludes halogenated alkanes) is 1. The Morgan fingerprint density at radius 2 is 1.41 bits per heavy atom. The first kappa shape index (κ1) is 33.0. The molecule has 1 atom stereocenters. The van der Waals surface area contributed by atoms with Crippen molar-refractivity contribution in [2.75, 3.05) is 6.61 Å². The van der Waals surface area contributed by atoms with E-state index in [1.165, 1.54) is 0 Å². The fourth-order valence-corrected chi connectivity index (χ4v) is 3.76. The largest absolute Gasteiger partial charge is 0.468 e. The van der Waals surface area contributed by atoms with Crippen molar-refractivity contribution in [1.82, 2.24) is 0 Å². The van der Waals surface area contributed by atoms with E-state index in [-0.39, 0.29) is 12.8 Å². The van der Waals surface area contributed by atoms with E-state index in [1.807, 2.05) is 0 Å². The summed E-state index contributed by atoms with van der Waals surface area (Å²) in [7, 11) is 0. The number of ether oxygens (including phenoxy) is 3. The predicted molar refractivity (Wildman–Crippen MR) is 117 cm³/mol. The summed E-state index contributed by atoms with van der Waals surface area (Å²) in [5.74, 6) is -14.7. The molecule has 222 valence electrons. The van der Waals surface area contributed by atoms with Crippen LogP contribution >= 0.6 is 12.6 Å². The monoisotopic (exact) mass is 602 g/mol. The standard InChI is InChI=1S/C23H24F10O5S/c24-19(25,23(32,33)39)12-4-5-13-36-20(22(29,30)31,38-17(34)14-6-2-1-3-7-14)18(35)37-16-10-8-15(9-11-16)21(26,27)28/h8-11,14,39H,1-7,12-13H2. The molecule has 0 saturated heterocycles. The van der Waals surface area contributed by atoms with Crippen molar-refractivity contribution in [2.24, 2.45) is 5.92 Å². The second kappa shape index (κ2) is 12.5. The van der Waals surface area contributed by atoms with Gasteiger partial charge in [-0.3, -0.25) is 4.79 Å². The SMILES string of the molecule is O=C(OC(OCCCCC(F)(F)C(F)(F)S)(C(=O)Oc1ccc(C(F)(F)F)cc1)C(F)(F)F)C1CCCCC1. The van der Waals surface area contributed by atoms with Crippen molar-refractivity contribution in [3.8, 4) is 5.75 Å². The molecule has 1 unspecified atom stereocenters. The zero-order valence-electron chi connectivity index (χ0n) is 20.0. The average Bonchev–Trinajstić information content (AvgIpc) is 2.81. The van der Waals surface area contributed by atoms with E-state index in [0.717, 1.165) is 0 Å². The van der Waals surface area contributed by atoms with Crippen LogP contribution in [0.25, 0.3) is 0 Å². The smallest absolute Gasteiger partial charge is 0.421 e. The lowest BCUT2D eigenvalue weighted by atomic mass is 9.89. The van der Waals surface area contributed by atoms with Crippen molar-refractivity contribution in [3.63, 3.8) is 0 Å². The number of rotatable bonds is 11. The molecule has 1 aliphatic rings. The van der Waals surface area contributed by atoms with Gasteiger partial charge in [0, 0.05) is 6.42 Å². The second-order valence-corrected chi connectivity index (χ2v) is 9.39. The summed E-state index contributed by atoms with van der Waals surface area (Å²) in [5, 5.41) is -4.70. The third kappa shape index (κ3) is 8.63. The van der Waals surface area contributed by atoms with Gasteiger partial charge in [-0.05, 0) is 49.9 Å². The van der Waals surface area contributed by atoms with Crippen LogP contribution in [0.3, 0.4) is 0 Å². The van der Waals surface area contributed by atoms with Gasteiger partial charge >= 0.3 is 41.3 Å². The van der Waals surface area contributed by atoms with E-state index in [4.69, 9.17) is 0 Å². The highest BCUT2D eigenvalue weighted by Gasteiger charge is 2.68. The Balaban J connectivity index is 2.27. The molecular weight excluding hydrogens is 578 g/mol. The fourth-order valence-electron chi connectivity index (χ4n) is 3.65. The second-order valence-electron chi connectivity index (χ2n) is 8.83. The van der Waals surface area contributed by atoms with Crippen LogP contribution in [0.15, 0.2) is 24.3 Å². The van der Waals surface area contributed by atoms with Crippen LogP contribution in [0.2, 0.25) is 0 Å². The minimum Gasteiger partial charge on any atom is -0.421 e. The average molecular weight is 602 g/mol. The zero-order valence-corrected chi connectivity index (χ0v) is 20.9. The van der Waals surface area contributed by atoms with Crippen LogP contribution in [-0.4, -0.2) is 41.7 Å². The van der Waals surface area contributed by atoms with Gasteiger partial charge in [-0.15, -0.1) is 0 Å². The molecule has 5 nitrogen and oxygen atoms in total. The Kier molecular flexibility index (Phi) is 10.6. The lowest BCUT2D eigenvalue weighted by Crippen LogP contribution is -2.59. The highest BCUT2D eigenvalue weighted by atomic mass is 32.1. The van der Waals surface area contributed by atoms with Gasteiger partial charge in [0.2, 0.25) is 0 Å². The maximum atomic E-state index is 14.2. The molecule has 1 aromatic carbocycles. The first-order valence-corrected chi connectivity index (χ1v) is 12.1. The Morgan fingerprint density at radius 3 is 1.90 bits per heavy atom. The number of esters is 2. The molecule has 1 aliphatic carbocycles. The predicted octanol–water partition coefficient (Wildman–Crippen LogP) is 7.34. The van der Waals surface area contributed by atoms with E-state index >= 15 is 0 Å². The number of carbonyl (C=O) groups excluding carboxylic acids is 2. The van der Waals surface area contributed by atoms with E-state index in [2.05, 4.69) is 26.8 Å². The first-order valence-electron chi connectivity index (χ1n) is 11.6. The molecule has 0 spiro atoms. The van der Waals surface area contributed by atoms with Gasteiger partial charge < -0.3 is 14.2 Å². The Morgan fingerprint density at radius 1 is 0.846 bits per heavy atom. The van der Waals surface area contributed by atoms with Crippen molar-refractivity contribution in [2.45, 2.75) is 80.7 Å². The maximum absolute atomic E-state index is 14.2. The van der Waals surface area contributed by atoms with Gasteiger partial charge in [-0.1, -0.05) is 31.9 Å². The molecule has 0 N–H and O–H groups in total. The molecular formula is C23H24F10O5S. The molecule has 1 fully saturated rings. The summed E-state index contributed by atoms with van der Waals surface area (Å²) in [4.78, 5) is 25.3. The molecule has 39 heavy (non-hydrogen) atoms. The number of alkyl halides is 10. The highest BCUT2D eigenvalue weighted by molar-refractivity contribution is 7.81. The first-order chi connectivity index (χ1) is 17.8. The lowest BCUT2D eigenvalue weighted by molar-refractivity contribution is -0.354. The molecule has 0 aliphatic heterocycles. The normalized spacial score (nSPS) is 17.4. The third-order valence-electron chi connectivity index (χ3n) is 5.85. The van der Waals surface area contributed by atoms with Gasteiger partial charge in [0.05, 0.1) is 18.1 Å². The number of hydrogen-bond acceptors (Lipinski definition) is 6. The van der Waals surface area contributed by atoms with Crippen molar-refractivity contribution < 1.29 is 67.7 Å². The number of thiol groups is 1. The van der Waals surface area contributed by atoms with Crippen molar-refractivity contribution in [1.29, 1.82) is 0 Å². The van der Waals surface area contributed by atoms with Crippen LogP contribution in [0.4, 0.5) is 43.9 Å². The molecule has 0 bridgehead atoms. The van der Waals surface area contributed by atoms with Crippen molar-refractivity contribution in [3.05, 3.63) is 29.8 Å². The summed E-state index contributed by atoms with van der Waals surface area (Å²) in [5.41, 5.74) is -1.20. The Labute approximate surface area is 221 Å². The molecule has 0 aromatic heterocycles. The summed E-state index contributed by atoms with van der Waals surface area (Å²) in [6.07, 6.45) is -11.7. The molecule has 0 radical (unpaired) electrons. The van der Waals surface area contributed by atoms with Gasteiger partial charge in [-0.2, -0.15) is 43.9 Å². The number of hydrogen-bond donors (Lipinski definition) is 1. The van der Waals surface area contributed by atoms with E-state index < -0.39 is 84.4 Å². The number of benzene rings is 1. The molecule has 2 rings (SSSR count). The van der Waals surface area contributed by atoms with Gasteiger partial charge in [0.25, 0.3) is 0 Å². The third-order valence-corrected chi connectivity index (χ3v) is 6.17. The quantitative estimate of drug-likeness (QED) is 0.0718. The summed E-state index contributed by atoms with van der Waals surface area (Å²) >= 11 is 2.48. The fraction of sp³-hybridized carbons (Fsp3) is 0.652. The van der Waals surface area contributed by atoms with Gasteiger partial charge in [-0.25, -0.2) is 4.79 Å². The molecule has 0 amide bonds. The number of carbonyl (C=O) groups is 2. The topological polar surface area (TPSA) is 61.8 Å². The Hall–Kier alpha value is -2.23. The van der Waals surface area contributed by atoms with Crippen LogP contribution in [0.5, 0.6) is 5.75 Å². The minimum absolute atomic E-state index is 0.147. The van der Waals surface area contributed by atoms with Crippen LogP contribution in [0, 0.1) is 5.92 Å². The molecule has 16 heteroatoms. The van der Waals surface area contributed by atoms with E-state index in [1.54, 1.807) is 0 Å². The minimum atomic E-state index is -5.80. The highest BCUT2D eigenvalue weighted by Crippen LogP contribution is 2.42. The van der Waals surface area contributed by atoms with Crippen LogP contribution < -0.4 is 4.74 Å².